The third-order valence-electron chi connectivity index (χ3n) is 2.30. The first-order valence-corrected chi connectivity index (χ1v) is 6.47. The summed E-state index contributed by atoms with van der Waals surface area (Å²) in [7, 11) is 0. The normalized spacial score (nSPS) is 10.8. The van der Waals surface area contributed by atoms with E-state index in [0.29, 0.717) is 38.1 Å². The van der Waals surface area contributed by atoms with Crippen LogP contribution in [0.3, 0.4) is 0 Å². The highest BCUT2D eigenvalue weighted by molar-refractivity contribution is 5.56. The number of rotatable bonds is 8. The van der Waals surface area contributed by atoms with Crippen LogP contribution in [0.25, 0.3) is 0 Å². The van der Waals surface area contributed by atoms with Gasteiger partial charge in [-0.05, 0) is 12.8 Å². The SMILES string of the molecule is CCOc1cc(OCCOCC(C)C)c(N)cc1F. The quantitative estimate of drug-likeness (QED) is 0.583. The molecule has 1 aromatic carbocycles. The molecule has 0 saturated carbocycles. The van der Waals surface area contributed by atoms with Crippen LogP contribution in [-0.4, -0.2) is 26.4 Å². The summed E-state index contributed by atoms with van der Waals surface area (Å²) in [5.74, 6) is 0.566. The van der Waals surface area contributed by atoms with Crippen molar-refractivity contribution in [3.8, 4) is 11.5 Å². The summed E-state index contributed by atoms with van der Waals surface area (Å²) in [6, 6.07) is 2.67. The molecule has 2 N–H and O–H groups in total. The van der Waals surface area contributed by atoms with Crippen LogP contribution in [0.4, 0.5) is 10.1 Å². The molecule has 0 unspecified atom stereocenters. The summed E-state index contributed by atoms with van der Waals surface area (Å²) in [5.41, 5.74) is 5.94. The number of nitrogens with two attached hydrogens (primary N) is 1. The third-order valence-corrected chi connectivity index (χ3v) is 2.30. The summed E-state index contributed by atoms with van der Waals surface area (Å²) >= 11 is 0. The molecule has 0 atom stereocenters. The molecule has 0 aromatic heterocycles. The molecule has 0 amide bonds. The molecule has 0 bridgehead atoms. The zero-order valence-corrected chi connectivity index (χ0v) is 11.7. The van der Waals surface area contributed by atoms with Gasteiger partial charge in [-0.1, -0.05) is 13.8 Å². The zero-order chi connectivity index (χ0) is 14.3. The number of nitrogen functional groups attached to an aromatic ring is 1. The fourth-order valence-electron chi connectivity index (χ4n) is 1.47. The average molecular weight is 271 g/mol. The van der Waals surface area contributed by atoms with Gasteiger partial charge >= 0.3 is 0 Å². The summed E-state index contributed by atoms with van der Waals surface area (Å²) in [4.78, 5) is 0. The lowest BCUT2D eigenvalue weighted by molar-refractivity contribution is 0.0820. The van der Waals surface area contributed by atoms with Crippen LogP contribution in [0.1, 0.15) is 20.8 Å². The Kier molecular flexibility index (Phi) is 6.42. The standard InChI is InChI=1S/C14H22FNO3/c1-4-18-13-8-14(12(16)7-11(13)15)19-6-5-17-9-10(2)3/h7-8,10H,4-6,9,16H2,1-3H3. The smallest absolute Gasteiger partial charge is 0.167 e. The number of ether oxygens (including phenoxy) is 3. The second-order valence-corrected chi connectivity index (χ2v) is 4.57. The lowest BCUT2D eigenvalue weighted by Crippen LogP contribution is -2.11. The third kappa shape index (κ3) is 5.34. The van der Waals surface area contributed by atoms with Crippen LogP contribution < -0.4 is 15.2 Å². The van der Waals surface area contributed by atoms with E-state index >= 15 is 0 Å². The van der Waals surface area contributed by atoms with Crippen molar-refractivity contribution in [2.75, 3.05) is 32.2 Å². The Morgan fingerprint density at radius 2 is 1.89 bits per heavy atom. The lowest BCUT2D eigenvalue weighted by atomic mass is 10.2. The Bertz CT molecular complexity index is 397. The van der Waals surface area contributed by atoms with Gasteiger partial charge in [-0.15, -0.1) is 0 Å². The van der Waals surface area contributed by atoms with E-state index in [1.807, 2.05) is 0 Å². The van der Waals surface area contributed by atoms with Crippen molar-refractivity contribution in [1.82, 2.24) is 0 Å². The molecular formula is C14H22FNO3. The number of hydrogen-bond acceptors (Lipinski definition) is 4. The number of anilines is 1. The van der Waals surface area contributed by atoms with Crippen LogP contribution >= 0.6 is 0 Å². The van der Waals surface area contributed by atoms with E-state index in [1.54, 1.807) is 6.92 Å². The molecule has 0 heterocycles. The molecule has 5 heteroatoms. The lowest BCUT2D eigenvalue weighted by Gasteiger charge is -2.12. The molecular weight excluding hydrogens is 249 g/mol. The fourth-order valence-corrected chi connectivity index (χ4v) is 1.47. The van der Waals surface area contributed by atoms with Crippen LogP contribution in [0.15, 0.2) is 12.1 Å². The minimum Gasteiger partial charge on any atom is -0.491 e. The van der Waals surface area contributed by atoms with Gasteiger partial charge in [0.1, 0.15) is 12.4 Å². The van der Waals surface area contributed by atoms with Crippen molar-refractivity contribution in [1.29, 1.82) is 0 Å². The summed E-state index contributed by atoms with van der Waals surface area (Å²) in [6.07, 6.45) is 0. The predicted octanol–water partition coefficient (Wildman–Crippen LogP) is 2.86. The van der Waals surface area contributed by atoms with Crippen LogP contribution in [0.5, 0.6) is 11.5 Å². The van der Waals surface area contributed by atoms with E-state index in [0.717, 1.165) is 0 Å². The van der Waals surface area contributed by atoms with Gasteiger partial charge in [-0.2, -0.15) is 0 Å². The Morgan fingerprint density at radius 1 is 1.16 bits per heavy atom. The number of benzene rings is 1. The first-order valence-electron chi connectivity index (χ1n) is 6.47. The number of halogens is 1. The fraction of sp³-hybridized carbons (Fsp3) is 0.571. The van der Waals surface area contributed by atoms with E-state index in [4.69, 9.17) is 19.9 Å². The van der Waals surface area contributed by atoms with Crippen molar-refractivity contribution in [2.45, 2.75) is 20.8 Å². The molecule has 1 aromatic rings. The Hall–Kier alpha value is -1.49. The second-order valence-electron chi connectivity index (χ2n) is 4.57. The minimum atomic E-state index is -0.484. The summed E-state index contributed by atoms with van der Waals surface area (Å²) in [5, 5.41) is 0. The molecule has 0 aliphatic carbocycles. The van der Waals surface area contributed by atoms with E-state index in [2.05, 4.69) is 13.8 Å². The highest BCUT2D eigenvalue weighted by Gasteiger charge is 2.09. The molecule has 4 nitrogen and oxygen atoms in total. The van der Waals surface area contributed by atoms with Crippen molar-refractivity contribution in [3.63, 3.8) is 0 Å². The van der Waals surface area contributed by atoms with E-state index in [9.17, 15) is 4.39 Å². The van der Waals surface area contributed by atoms with Gasteiger partial charge in [0.2, 0.25) is 0 Å². The maximum Gasteiger partial charge on any atom is 0.167 e. The van der Waals surface area contributed by atoms with Crippen molar-refractivity contribution in [3.05, 3.63) is 17.9 Å². The van der Waals surface area contributed by atoms with Crippen molar-refractivity contribution in [2.24, 2.45) is 5.92 Å². The van der Waals surface area contributed by atoms with Gasteiger partial charge in [-0.3, -0.25) is 0 Å². The Balaban J connectivity index is 2.50. The molecule has 0 aliphatic heterocycles. The van der Waals surface area contributed by atoms with Gasteiger partial charge in [0, 0.05) is 18.7 Å². The Morgan fingerprint density at radius 3 is 2.53 bits per heavy atom. The van der Waals surface area contributed by atoms with Gasteiger partial charge in [0.05, 0.1) is 18.9 Å². The van der Waals surface area contributed by atoms with Gasteiger partial charge in [-0.25, -0.2) is 4.39 Å². The zero-order valence-electron chi connectivity index (χ0n) is 11.7. The topological polar surface area (TPSA) is 53.7 Å². The van der Waals surface area contributed by atoms with Gasteiger partial charge in [0.25, 0.3) is 0 Å². The number of hydrogen-bond donors (Lipinski definition) is 1. The first-order chi connectivity index (χ1) is 9.04. The minimum absolute atomic E-state index is 0.148. The molecule has 0 fully saturated rings. The van der Waals surface area contributed by atoms with E-state index in [1.165, 1.54) is 12.1 Å². The predicted molar refractivity (Wildman–Crippen MR) is 73.1 cm³/mol. The molecule has 0 saturated heterocycles. The van der Waals surface area contributed by atoms with Gasteiger partial charge < -0.3 is 19.9 Å². The van der Waals surface area contributed by atoms with Crippen LogP contribution in [0, 0.1) is 11.7 Å². The van der Waals surface area contributed by atoms with Gasteiger partial charge in [0.15, 0.2) is 11.6 Å². The maximum atomic E-state index is 13.5. The largest absolute Gasteiger partial charge is 0.491 e. The summed E-state index contributed by atoms with van der Waals surface area (Å²) < 4.78 is 29.5. The highest BCUT2D eigenvalue weighted by Crippen LogP contribution is 2.30. The van der Waals surface area contributed by atoms with Crippen molar-refractivity contribution < 1.29 is 18.6 Å². The first kappa shape index (κ1) is 15.6. The molecule has 1 rings (SSSR count). The van der Waals surface area contributed by atoms with Crippen LogP contribution in [0.2, 0.25) is 0 Å². The molecule has 0 radical (unpaired) electrons. The molecule has 19 heavy (non-hydrogen) atoms. The highest BCUT2D eigenvalue weighted by atomic mass is 19.1. The van der Waals surface area contributed by atoms with E-state index in [-0.39, 0.29) is 11.4 Å². The Labute approximate surface area is 113 Å². The second kappa shape index (κ2) is 7.84. The summed E-state index contributed by atoms with van der Waals surface area (Å²) in [6.45, 7) is 7.85. The van der Waals surface area contributed by atoms with E-state index < -0.39 is 5.82 Å². The molecule has 0 aliphatic rings. The monoisotopic (exact) mass is 271 g/mol. The molecule has 0 spiro atoms. The average Bonchev–Trinajstić information content (AvgIpc) is 2.33. The van der Waals surface area contributed by atoms with Crippen LogP contribution in [-0.2, 0) is 4.74 Å². The maximum absolute atomic E-state index is 13.5. The molecule has 108 valence electrons. The van der Waals surface area contributed by atoms with Crippen molar-refractivity contribution >= 4 is 5.69 Å².